The molecule has 1 atom stereocenters. The van der Waals surface area contributed by atoms with Gasteiger partial charge in [0.2, 0.25) is 0 Å². The largest absolute Gasteiger partial charge is 0.310 e. The summed E-state index contributed by atoms with van der Waals surface area (Å²) in [5, 5.41) is 3.67. The van der Waals surface area contributed by atoms with Gasteiger partial charge in [0, 0.05) is 6.04 Å². The number of halogens is 1. The third kappa shape index (κ3) is 4.61. The lowest BCUT2D eigenvalue weighted by Crippen LogP contribution is -2.25. The molecule has 0 spiro atoms. The quantitative estimate of drug-likeness (QED) is 0.708. The lowest BCUT2D eigenvalue weighted by Gasteiger charge is -2.27. The Kier molecular flexibility index (Phi) is 5.84. The molecule has 0 aliphatic heterocycles. The topological polar surface area (TPSA) is 12.0 Å². The summed E-state index contributed by atoms with van der Waals surface area (Å²) in [5.41, 5.74) is 1.23. The molecule has 19 heavy (non-hydrogen) atoms. The first-order chi connectivity index (χ1) is 9.29. The molecule has 0 amide bonds. The molecule has 1 unspecified atom stereocenters. The summed E-state index contributed by atoms with van der Waals surface area (Å²) in [5.74, 6) is 0.806. The Bertz CT molecular complexity index is 356. The smallest absolute Gasteiger partial charge is 0.123 e. The van der Waals surface area contributed by atoms with Gasteiger partial charge in [-0.25, -0.2) is 4.39 Å². The van der Waals surface area contributed by atoms with E-state index in [2.05, 4.69) is 12.2 Å². The number of benzene rings is 1. The molecule has 0 heterocycles. The summed E-state index contributed by atoms with van der Waals surface area (Å²) in [7, 11) is 0. The Balaban J connectivity index is 1.84. The third-order valence-electron chi connectivity index (χ3n) is 4.29. The minimum Gasteiger partial charge on any atom is -0.310 e. The highest BCUT2D eigenvalue weighted by molar-refractivity contribution is 5.19. The van der Waals surface area contributed by atoms with Crippen LogP contribution in [0, 0.1) is 11.7 Å². The van der Waals surface area contributed by atoms with Crippen molar-refractivity contribution in [2.24, 2.45) is 5.92 Å². The van der Waals surface area contributed by atoms with Gasteiger partial charge in [-0.3, -0.25) is 0 Å². The maximum atomic E-state index is 13.0. The highest BCUT2D eigenvalue weighted by atomic mass is 19.1. The summed E-state index contributed by atoms with van der Waals surface area (Å²) in [6, 6.07) is 7.38. The minimum absolute atomic E-state index is 0.146. The minimum atomic E-state index is -0.146. The van der Waals surface area contributed by atoms with Crippen LogP contribution in [-0.4, -0.2) is 6.54 Å². The lowest BCUT2D eigenvalue weighted by molar-refractivity contribution is 0.286. The molecule has 1 aromatic rings. The zero-order valence-electron chi connectivity index (χ0n) is 12.0. The van der Waals surface area contributed by atoms with Gasteiger partial charge in [-0.05, 0) is 43.0 Å². The zero-order valence-corrected chi connectivity index (χ0v) is 12.0. The van der Waals surface area contributed by atoms with E-state index in [1.807, 2.05) is 12.1 Å². The van der Waals surface area contributed by atoms with Crippen molar-refractivity contribution in [3.8, 4) is 0 Å². The van der Waals surface area contributed by atoms with E-state index >= 15 is 0 Å². The van der Waals surface area contributed by atoms with Gasteiger partial charge in [-0.2, -0.15) is 0 Å². The van der Waals surface area contributed by atoms with Crippen molar-refractivity contribution in [2.45, 2.75) is 57.9 Å². The van der Waals surface area contributed by atoms with Crippen LogP contribution in [0.1, 0.15) is 63.5 Å². The molecule has 0 bridgehead atoms. The molecule has 1 aliphatic carbocycles. The van der Waals surface area contributed by atoms with Crippen LogP contribution < -0.4 is 5.32 Å². The standard InChI is InChI=1S/C17H26FN/c1-2-3-7-17(15-8-10-16(18)11-9-15)19-13-12-14-5-4-6-14/h8-11,14,17,19H,2-7,12-13H2,1H3. The summed E-state index contributed by atoms with van der Waals surface area (Å²) >= 11 is 0. The number of unbranched alkanes of at least 4 members (excludes halogenated alkanes) is 1. The van der Waals surface area contributed by atoms with E-state index in [1.165, 1.54) is 44.1 Å². The maximum Gasteiger partial charge on any atom is 0.123 e. The number of hydrogen-bond donors (Lipinski definition) is 1. The molecule has 1 aromatic carbocycles. The second kappa shape index (κ2) is 7.64. The highest BCUT2D eigenvalue weighted by Gasteiger charge is 2.17. The molecule has 1 fully saturated rings. The molecule has 1 N–H and O–H groups in total. The first-order valence-electron chi connectivity index (χ1n) is 7.78. The predicted octanol–water partition coefficient (Wildman–Crippen LogP) is 4.84. The van der Waals surface area contributed by atoms with Gasteiger partial charge in [0.25, 0.3) is 0 Å². The summed E-state index contributed by atoms with van der Waals surface area (Å²) in [6.45, 7) is 3.31. The molecule has 2 rings (SSSR count). The van der Waals surface area contributed by atoms with Crippen LogP contribution >= 0.6 is 0 Å². The van der Waals surface area contributed by atoms with Crippen molar-refractivity contribution in [1.82, 2.24) is 5.32 Å². The van der Waals surface area contributed by atoms with E-state index in [-0.39, 0.29) is 5.82 Å². The van der Waals surface area contributed by atoms with Crippen molar-refractivity contribution in [3.05, 3.63) is 35.6 Å². The molecule has 1 nitrogen and oxygen atoms in total. The monoisotopic (exact) mass is 263 g/mol. The first-order valence-corrected chi connectivity index (χ1v) is 7.78. The second-order valence-electron chi connectivity index (χ2n) is 5.79. The molecule has 0 radical (unpaired) electrons. The van der Waals surface area contributed by atoms with E-state index < -0.39 is 0 Å². The van der Waals surface area contributed by atoms with E-state index in [1.54, 1.807) is 12.1 Å². The van der Waals surface area contributed by atoms with Crippen molar-refractivity contribution in [3.63, 3.8) is 0 Å². The van der Waals surface area contributed by atoms with E-state index in [9.17, 15) is 4.39 Å². The average molecular weight is 263 g/mol. The highest BCUT2D eigenvalue weighted by Crippen LogP contribution is 2.29. The molecule has 0 aromatic heterocycles. The number of hydrogen-bond acceptors (Lipinski definition) is 1. The molecule has 106 valence electrons. The van der Waals surface area contributed by atoms with Gasteiger partial charge in [0.15, 0.2) is 0 Å². The van der Waals surface area contributed by atoms with Crippen LogP contribution in [0.25, 0.3) is 0 Å². The van der Waals surface area contributed by atoms with Crippen molar-refractivity contribution in [2.75, 3.05) is 6.54 Å². The molecule has 1 aliphatic rings. The van der Waals surface area contributed by atoms with Gasteiger partial charge >= 0.3 is 0 Å². The van der Waals surface area contributed by atoms with Crippen LogP contribution in [0.15, 0.2) is 24.3 Å². The van der Waals surface area contributed by atoms with Crippen molar-refractivity contribution < 1.29 is 4.39 Å². The van der Waals surface area contributed by atoms with Gasteiger partial charge in [0.1, 0.15) is 5.82 Å². The van der Waals surface area contributed by atoms with Gasteiger partial charge in [-0.1, -0.05) is 51.2 Å². The van der Waals surface area contributed by atoms with E-state index in [0.717, 1.165) is 18.9 Å². The SMILES string of the molecule is CCCCC(NCCC1CCC1)c1ccc(F)cc1. The van der Waals surface area contributed by atoms with Crippen LogP contribution in [-0.2, 0) is 0 Å². The van der Waals surface area contributed by atoms with E-state index in [4.69, 9.17) is 0 Å². The average Bonchev–Trinajstić information content (AvgIpc) is 2.37. The Morgan fingerprint density at radius 2 is 2.00 bits per heavy atom. The predicted molar refractivity (Wildman–Crippen MR) is 78.6 cm³/mol. The maximum absolute atomic E-state index is 13.0. The third-order valence-corrected chi connectivity index (χ3v) is 4.29. The van der Waals surface area contributed by atoms with Crippen LogP contribution in [0.5, 0.6) is 0 Å². The first kappa shape index (κ1) is 14.5. The van der Waals surface area contributed by atoms with Crippen LogP contribution in [0.2, 0.25) is 0 Å². The number of nitrogens with one attached hydrogen (secondary N) is 1. The van der Waals surface area contributed by atoms with Crippen molar-refractivity contribution in [1.29, 1.82) is 0 Å². The Labute approximate surface area is 116 Å². The number of rotatable bonds is 8. The molecular formula is C17H26FN. The summed E-state index contributed by atoms with van der Waals surface area (Å²) in [6.07, 6.45) is 9.12. The Morgan fingerprint density at radius 3 is 2.58 bits per heavy atom. The van der Waals surface area contributed by atoms with Gasteiger partial charge in [-0.15, -0.1) is 0 Å². The summed E-state index contributed by atoms with van der Waals surface area (Å²) < 4.78 is 13.0. The Morgan fingerprint density at radius 1 is 1.26 bits per heavy atom. The second-order valence-corrected chi connectivity index (χ2v) is 5.79. The fraction of sp³-hybridized carbons (Fsp3) is 0.647. The Hall–Kier alpha value is -0.890. The van der Waals surface area contributed by atoms with Crippen LogP contribution in [0.4, 0.5) is 4.39 Å². The zero-order chi connectivity index (χ0) is 13.5. The van der Waals surface area contributed by atoms with Crippen molar-refractivity contribution >= 4 is 0 Å². The molecule has 2 heteroatoms. The van der Waals surface area contributed by atoms with Gasteiger partial charge < -0.3 is 5.32 Å². The van der Waals surface area contributed by atoms with E-state index in [0.29, 0.717) is 6.04 Å². The van der Waals surface area contributed by atoms with Gasteiger partial charge in [0.05, 0.1) is 0 Å². The molecular weight excluding hydrogens is 237 g/mol. The molecule has 1 saturated carbocycles. The normalized spacial score (nSPS) is 17.2. The fourth-order valence-electron chi connectivity index (χ4n) is 2.73. The summed E-state index contributed by atoms with van der Waals surface area (Å²) in [4.78, 5) is 0. The fourth-order valence-corrected chi connectivity index (χ4v) is 2.73. The molecule has 0 saturated heterocycles. The lowest BCUT2D eigenvalue weighted by atomic mass is 9.83. The van der Waals surface area contributed by atoms with Crippen LogP contribution in [0.3, 0.4) is 0 Å².